The van der Waals surface area contributed by atoms with E-state index in [1.54, 1.807) is 24.3 Å². The van der Waals surface area contributed by atoms with Gasteiger partial charge in [0.2, 0.25) is 18.6 Å². The molecule has 2 aromatic rings. The summed E-state index contributed by atoms with van der Waals surface area (Å²) >= 11 is 1.17. The second-order valence-corrected chi connectivity index (χ2v) is 9.04. The van der Waals surface area contributed by atoms with Crippen LogP contribution in [0.2, 0.25) is 0 Å². The van der Waals surface area contributed by atoms with Gasteiger partial charge in [-0.25, -0.2) is 4.79 Å². The minimum absolute atomic E-state index is 0.0267. The highest BCUT2D eigenvalue weighted by molar-refractivity contribution is 8.15. The zero-order valence-electron chi connectivity index (χ0n) is 19.2. The summed E-state index contributed by atoms with van der Waals surface area (Å²) in [7, 11) is 1.30. The first kappa shape index (κ1) is 24.3. The molecule has 1 saturated heterocycles. The Labute approximate surface area is 206 Å². The van der Waals surface area contributed by atoms with Crippen LogP contribution < -0.4 is 20.1 Å². The molecule has 1 atom stereocenters. The summed E-state index contributed by atoms with van der Waals surface area (Å²) in [6.07, 6.45) is 1.43. The first-order valence-corrected chi connectivity index (χ1v) is 11.7. The number of methoxy groups -OCH3 is 1. The molecule has 0 saturated carbocycles. The molecule has 182 valence electrons. The molecule has 2 aliphatic heterocycles. The first-order chi connectivity index (χ1) is 16.9. The smallest absolute Gasteiger partial charge is 0.337 e. The first-order valence-electron chi connectivity index (χ1n) is 10.9. The Morgan fingerprint density at radius 2 is 1.94 bits per heavy atom. The fourth-order valence-corrected chi connectivity index (χ4v) is 4.29. The van der Waals surface area contributed by atoms with E-state index in [4.69, 9.17) is 9.47 Å². The van der Waals surface area contributed by atoms with Crippen LogP contribution in [0.15, 0.2) is 52.7 Å². The van der Waals surface area contributed by atoms with E-state index in [-0.39, 0.29) is 25.0 Å². The van der Waals surface area contributed by atoms with Gasteiger partial charge in [0.05, 0.1) is 12.7 Å². The van der Waals surface area contributed by atoms with Crippen LogP contribution in [0.3, 0.4) is 0 Å². The lowest BCUT2D eigenvalue weighted by molar-refractivity contribution is -0.122. The number of carbonyl (C=O) groups excluding carboxylic acids is 3. The maximum absolute atomic E-state index is 12.4. The third kappa shape index (κ3) is 6.38. The summed E-state index contributed by atoms with van der Waals surface area (Å²) in [5.74, 6) is 0.417. The number of aryl methyl sites for hydroxylation is 1. The van der Waals surface area contributed by atoms with Crippen molar-refractivity contribution in [2.75, 3.05) is 19.2 Å². The third-order valence-electron chi connectivity index (χ3n) is 5.26. The number of carbonyl (C=O) groups is 3. The molecule has 2 aliphatic rings. The minimum Gasteiger partial charge on any atom is -0.465 e. The monoisotopic (exact) mass is 496 g/mol. The van der Waals surface area contributed by atoms with Crippen LogP contribution >= 0.6 is 11.8 Å². The Balaban J connectivity index is 1.25. The van der Waals surface area contributed by atoms with E-state index in [1.165, 1.54) is 18.9 Å². The molecular formula is C24H24N4O6S. The van der Waals surface area contributed by atoms with E-state index in [0.717, 1.165) is 29.2 Å². The molecule has 2 amide bonds. The molecule has 10 nitrogen and oxygen atoms in total. The third-order valence-corrected chi connectivity index (χ3v) is 6.33. The van der Waals surface area contributed by atoms with Crippen molar-refractivity contribution < 1.29 is 28.6 Å². The lowest BCUT2D eigenvalue weighted by atomic mass is 10.1. The van der Waals surface area contributed by atoms with Gasteiger partial charge >= 0.3 is 5.97 Å². The van der Waals surface area contributed by atoms with Gasteiger partial charge in [0.25, 0.3) is 0 Å². The molecule has 0 radical (unpaired) electrons. The van der Waals surface area contributed by atoms with E-state index >= 15 is 0 Å². The lowest BCUT2D eigenvalue weighted by Crippen LogP contribution is -2.28. The number of esters is 1. The highest BCUT2D eigenvalue weighted by Crippen LogP contribution is 2.32. The summed E-state index contributed by atoms with van der Waals surface area (Å²) in [6, 6.07) is 12.1. The number of benzene rings is 2. The SMILES string of the molecule is COC(=O)c1ccc(NC(=O)C[C@H]2S/C(=N/N=C(/C)CCc3ccc4c(c3)OCO4)NC2=O)cc1. The summed E-state index contributed by atoms with van der Waals surface area (Å²) in [4.78, 5) is 36.1. The van der Waals surface area contributed by atoms with Crippen LogP contribution in [-0.2, 0) is 20.7 Å². The average Bonchev–Trinajstić information content (AvgIpc) is 3.47. The van der Waals surface area contributed by atoms with Crippen LogP contribution in [-0.4, -0.2) is 47.8 Å². The summed E-state index contributed by atoms with van der Waals surface area (Å²) in [5.41, 5.74) is 2.80. The van der Waals surface area contributed by atoms with Crippen molar-refractivity contribution in [2.45, 2.75) is 31.4 Å². The van der Waals surface area contributed by atoms with E-state index in [2.05, 4.69) is 25.6 Å². The minimum atomic E-state index is -0.604. The molecular weight excluding hydrogens is 472 g/mol. The Kier molecular flexibility index (Phi) is 7.66. The van der Waals surface area contributed by atoms with Crippen molar-refractivity contribution in [3.05, 3.63) is 53.6 Å². The average molecular weight is 497 g/mol. The highest BCUT2D eigenvalue weighted by Gasteiger charge is 2.32. The number of hydrogen-bond acceptors (Lipinski definition) is 9. The summed E-state index contributed by atoms with van der Waals surface area (Å²) in [5, 5.41) is 13.5. The van der Waals surface area contributed by atoms with E-state index in [0.29, 0.717) is 22.8 Å². The molecule has 4 rings (SSSR count). The fourth-order valence-electron chi connectivity index (χ4n) is 3.38. The second-order valence-electron chi connectivity index (χ2n) is 7.85. The van der Waals surface area contributed by atoms with E-state index < -0.39 is 11.2 Å². The van der Waals surface area contributed by atoms with Crippen molar-refractivity contribution in [2.24, 2.45) is 10.2 Å². The largest absolute Gasteiger partial charge is 0.465 e. The Bertz CT molecular complexity index is 1200. The molecule has 0 aliphatic carbocycles. The van der Waals surface area contributed by atoms with Gasteiger partial charge < -0.3 is 24.8 Å². The number of ether oxygens (including phenoxy) is 3. The van der Waals surface area contributed by atoms with Crippen molar-refractivity contribution in [3.63, 3.8) is 0 Å². The number of anilines is 1. The number of nitrogens with one attached hydrogen (secondary N) is 2. The number of amides is 2. The van der Waals surface area contributed by atoms with Gasteiger partial charge in [-0.1, -0.05) is 17.8 Å². The van der Waals surface area contributed by atoms with Crippen LogP contribution in [0.4, 0.5) is 5.69 Å². The molecule has 1 fully saturated rings. The molecule has 2 heterocycles. The van der Waals surface area contributed by atoms with Crippen molar-refractivity contribution >= 4 is 46.1 Å². The van der Waals surface area contributed by atoms with Gasteiger partial charge in [0.15, 0.2) is 16.7 Å². The van der Waals surface area contributed by atoms with Gasteiger partial charge in [0, 0.05) is 17.8 Å². The number of rotatable bonds is 8. The molecule has 11 heteroatoms. The van der Waals surface area contributed by atoms with Crippen LogP contribution in [0.5, 0.6) is 11.5 Å². The quantitative estimate of drug-likeness (QED) is 0.326. The Morgan fingerprint density at radius 1 is 1.17 bits per heavy atom. The molecule has 0 bridgehead atoms. The van der Waals surface area contributed by atoms with Gasteiger partial charge in [-0.15, -0.1) is 5.10 Å². The zero-order chi connectivity index (χ0) is 24.8. The van der Waals surface area contributed by atoms with Crippen LogP contribution in [0, 0.1) is 0 Å². The number of nitrogens with zero attached hydrogens (tertiary/aromatic N) is 2. The fraction of sp³-hybridized carbons (Fsp3) is 0.292. The van der Waals surface area contributed by atoms with Gasteiger partial charge in [-0.2, -0.15) is 5.10 Å². The second kappa shape index (κ2) is 11.0. The molecule has 0 spiro atoms. The molecule has 35 heavy (non-hydrogen) atoms. The van der Waals surface area contributed by atoms with Crippen molar-refractivity contribution in [1.29, 1.82) is 0 Å². The summed E-state index contributed by atoms with van der Waals surface area (Å²) in [6.45, 7) is 2.11. The van der Waals surface area contributed by atoms with Crippen LogP contribution in [0.1, 0.15) is 35.7 Å². The normalized spacial score (nSPS) is 17.9. The van der Waals surface area contributed by atoms with Crippen molar-refractivity contribution in [1.82, 2.24) is 5.32 Å². The molecule has 0 unspecified atom stereocenters. The standard InChI is InChI=1S/C24H24N4O6S/c1-14(3-4-15-5-10-18-19(11-15)34-13-33-18)27-28-24-26-22(30)20(35-24)12-21(29)25-17-8-6-16(7-9-17)23(31)32-2/h5-11,20H,3-4,12-13H2,1-2H3,(H,25,29)(H,26,28,30)/b27-14-/t20-/m1/s1. The van der Waals surface area contributed by atoms with E-state index in [1.807, 2.05) is 25.1 Å². The molecule has 2 N–H and O–H groups in total. The molecule has 2 aromatic carbocycles. The van der Waals surface area contributed by atoms with E-state index in [9.17, 15) is 14.4 Å². The highest BCUT2D eigenvalue weighted by atomic mass is 32.2. The maximum atomic E-state index is 12.4. The number of thioether (sulfide) groups is 1. The summed E-state index contributed by atoms with van der Waals surface area (Å²) < 4.78 is 15.4. The number of hydrogen-bond donors (Lipinski definition) is 2. The predicted molar refractivity (Wildman–Crippen MR) is 132 cm³/mol. The van der Waals surface area contributed by atoms with Crippen LogP contribution in [0.25, 0.3) is 0 Å². The van der Waals surface area contributed by atoms with Gasteiger partial charge in [-0.3, -0.25) is 9.59 Å². The number of amidine groups is 1. The predicted octanol–water partition coefficient (Wildman–Crippen LogP) is 3.13. The number of fused-ring (bicyclic) bond motifs is 1. The Morgan fingerprint density at radius 3 is 2.71 bits per heavy atom. The van der Waals surface area contributed by atoms with Gasteiger partial charge in [0.1, 0.15) is 5.25 Å². The Hall–Kier alpha value is -3.86. The molecule has 0 aromatic heterocycles. The maximum Gasteiger partial charge on any atom is 0.337 e. The topological polar surface area (TPSA) is 128 Å². The van der Waals surface area contributed by atoms with Crippen molar-refractivity contribution in [3.8, 4) is 11.5 Å². The lowest BCUT2D eigenvalue weighted by Gasteiger charge is -2.08. The zero-order valence-corrected chi connectivity index (χ0v) is 20.0. The van der Waals surface area contributed by atoms with Gasteiger partial charge in [-0.05, 0) is 61.7 Å².